The maximum absolute atomic E-state index is 12.7. The Labute approximate surface area is 122 Å². The molecule has 0 radical (unpaired) electrons. The lowest BCUT2D eigenvalue weighted by molar-refractivity contribution is -0.126. The van der Waals surface area contributed by atoms with E-state index in [-0.39, 0.29) is 25.0 Å². The van der Waals surface area contributed by atoms with Crippen LogP contribution in [0.5, 0.6) is 0 Å². The van der Waals surface area contributed by atoms with Crippen molar-refractivity contribution in [3.05, 3.63) is 35.6 Å². The smallest absolute Gasteiger partial charge is 0.251 e. The number of rotatable bonds is 9. The maximum Gasteiger partial charge on any atom is 0.251 e. The van der Waals surface area contributed by atoms with E-state index >= 15 is 0 Å². The molecule has 0 fully saturated rings. The summed E-state index contributed by atoms with van der Waals surface area (Å²) in [6.07, 6.45) is 0. The van der Waals surface area contributed by atoms with Crippen molar-refractivity contribution in [2.45, 2.75) is 0 Å². The molecule has 0 heterocycles. The number of nitrogens with one attached hydrogen (secondary N) is 2. The zero-order valence-corrected chi connectivity index (χ0v) is 11.9. The van der Waals surface area contributed by atoms with Gasteiger partial charge in [-0.15, -0.1) is 0 Å². The molecule has 0 aromatic heterocycles. The maximum atomic E-state index is 12.7. The molecule has 7 heteroatoms. The van der Waals surface area contributed by atoms with E-state index in [0.29, 0.717) is 25.3 Å². The number of halogens is 1. The van der Waals surface area contributed by atoms with Crippen LogP contribution in [0.3, 0.4) is 0 Å². The number of benzene rings is 1. The molecule has 2 N–H and O–H groups in total. The fraction of sp³-hybridized carbons (Fsp3) is 0.429. The number of ether oxygens (including phenoxy) is 2. The highest BCUT2D eigenvalue weighted by molar-refractivity contribution is 5.94. The highest BCUT2D eigenvalue weighted by Crippen LogP contribution is 2.01. The van der Waals surface area contributed by atoms with Crippen molar-refractivity contribution in [3.63, 3.8) is 0 Å². The zero-order chi connectivity index (χ0) is 15.5. The molecule has 2 amide bonds. The molecule has 0 aliphatic heterocycles. The standard InChI is InChI=1S/C14H19FN2O4/c1-20-8-9-21-10-13(18)16-6-7-17-14(19)11-2-4-12(15)5-3-11/h2-5H,6-10H2,1H3,(H,16,18)(H,17,19). The van der Waals surface area contributed by atoms with Gasteiger partial charge in [-0.05, 0) is 24.3 Å². The Morgan fingerprint density at radius 3 is 2.43 bits per heavy atom. The minimum Gasteiger partial charge on any atom is -0.382 e. The number of amides is 2. The first kappa shape index (κ1) is 17.1. The third kappa shape index (κ3) is 7.38. The van der Waals surface area contributed by atoms with Crippen LogP contribution in [0.25, 0.3) is 0 Å². The SMILES string of the molecule is COCCOCC(=O)NCCNC(=O)c1ccc(F)cc1. The van der Waals surface area contributed by atoms with Gasteiger partial charge in [0.1, 0.15) is 12.4 Å². The molecule has 0 saturated carbocycles. The van der Waals surface area contributed by atoms with E-state index in [1.54, 1.807) is 7.11 Å². The average Bonchev–Trinajstić information content (AvgIpc) is 2.48. The van der Waals surface area contributed by atoms with Gasteiger partial charge in [0.25, 0.3) is 5.91 Å². The molecule has 0 saturated heterocycles. The highest BCUT2D eigenvalue weighted by Gasteiger charge is 2.05. The van der Waals surface area contributed by atoms with Crippen molar-refractivity contribution < 1.29 is 23.5 Å². The van der Waals surface area contributed by atoms with Crippen LogP contribution in [0.15, 0.2) is 24.3 Å². The van der Waals surface area contributed by atoms with Crippen molar-refractivity contribution in [2.24, 2.45) is 0 Å². The van der Waals surface area contributed by atoms with Crippen LogP contribution in [0.4, 0.5) is 4.39 Å². The topological polar surface area (TPSA) is 76.7 Å². The Kier molecular flexibility index (Phi) is 8.00. The Bertz CT molecular complexity index is 451. The minimum absolute atomic E-state index is 0.0464. The summed E-state index contributed by atoms with van der Waals surface area (Å²) in [5.41, 5.74) is 0.366. The van der Waals surface area contributed by atoms with Gasteiger partial charge in [-0.1, -0.05) is 0 Å². The lowest BCUT2D eigenvalue weighted by Crippen LogP contribution is -2.36. The van der Waals surface area contributed by atoms with Crippen LogP contribution >= 0.6 is 0 Å². The second-order valence-electron chi connectivity index (χ2n) is 4.16. The Hall–Kier alpha value is -1.99. The van der Waals surface area contributed by atoms with E-state index in [2.05, 4.69) is 10.6 Å². The van der Waals surface area contributed by atoms with Gasteiger partial charge in [0.15, 0.2) is 0 Å². The predicted molar refractivity (Wildman–Crippen MR) is 74.4 cm³/mol. The lowest BCUT2D eigenvalue weighted by atomic mass is 10.2. The first-order valence-corrected chi connectivity index (χ1v) is 6.50. The van der Waals surface area contributed by atoms with Gasteiger partial charge < -0.3 is 20.1 Å². The monoisotopic (exact) mass is 298 g/mol. The number of methoxy groups -OCH3 is 1. The third-order valence-electron chi connectivity index (χ3n) is 2.50. The predicted octanol–water partition coefficient (Wildman–Crippen LogP) is 0.335. The third-order valence-corrected chi connectivity index (χ3v) is 2.50. The van der Waals surface area contributed by atoms with Gasteiger partial charge >= 0.3 is 0 Å². The fourth-order valence-electron chi connectivity index (χ4n) is 1.44. The molecule has 6 nitrogen and oxygen atoms in total. The van der Waals surface area contributed by atoms with E-state index < -0.39 is 5.82 Å². The molecule has 0 spiro atoms. The zero-order valence-electron chi connectivity index (χ0n) is 11.9. The molecule has 0 aliphatic rings. The van der Waals surface area contributed by atoms with E-state index in [1.807, 2.05) is 0 Å². The number of carbonyl (C=O) groups is 2. The molecule has 1 aromatic rings. The molecular weight excluding hydrogens is 279 g/mol. The van der Waals surface area contributed by atoms with E-state index in [1.165, 1.54) is 24.3 Å². The van der Waals surface area contributed by atoms with Crippen LogP contribution in [0, 0.1) is 5.82 Å². The quantitative estimate of drug-likeness (QED) is 0.644. The first-order chi connectivity index (χ1) is 10.1. The van der Waals surface area contributed by atoms with E-state index in [0.717, 1.165) is 0 Å². The van der Waals surface area contributed by atoms with E-state index in [4.69, 9.17) is 9.47 Å². The number of hydrogen-bond acceptors (Lipinski definition) is 4. The first-order valence-electron chi connectivity index (χ1n) is 6.50. The van der Waals surface area contributed by atoms with Gasteiger partial charge in [-0.3, -0.25) is 9.59 Å². The molecular formula is C14H19FN2O4. The second kappa shape index (κ2) is 9.84. The largest absolute Gasteiger partial charge is 0.382 e. The molecule has 0 unspecified atom stereocenters. The molecule has 0 bridgehead atoms. The Morgan fingerprint density at radius 1 is 1.10 bits per heavy atom. The Balaban J connectivity index is 2.12. The van der Waals surface area contributed by atoms with Crippen LogP contribution in [-0.2, 0) is 14.3 Å². The van der Waals surface area contributed by atoms with Gasteiger partial charge in [0, 0.05) is 25.8 Å². The average molecular weight is 298 g/mol. The van der Waals surface area contributed by atoms with Crippen molar-refractivity contribution >= 4 is 11.8 Å². The summed E-state index contributed by atoms with van der Waals surface area (Å²) >= 11 is 0. The molecule has 1 aromatic carbocycles. The van der Waals surface area contributed by atoms with Crippen molar-refractivity contribution in [1.29, 1.82) is 0 Å². The van der Waals surface area contributed by atoms with Crippen LogP contribution < -0.4 is 10.6 Å². The van der Waals surface area contributed by atoms with E-state index in [9.17, 15) is 14.0 Å². The van der Waals surface area contributed by atoms with Gasteiger partial charge in [-0.2, -0.15) is 0 Å². The van der Waals surface area contributed by atoms with Crippen LogP contribution in [0.2, 0.25) is 0 Å². The molecule has 0 atom stereocenters. The van der Waals surface area contributed by atoms with Crippen LogP contribution in [0.1, 0.15) is 10.4 Å². The van der Waals surface area contributed by atoms with Crippen molar-refractivity contribution in [2.75, 3.05) is 40.0 Å². The summed E-state index contributed by atoms with van der Waals surface area (Å²) in [5, 5.41) is 5.21. The summed E-state index contributed by atoms with van der Waals surface area (Å²) in [6, 6.07) is 5.22. The molecule has 21 heavy (non-hydrogen) atoms. The molecule has 116 valence electrons. The summed E-state index contributed by atoms with van der Waals surface area (Å²) in [4.78, 5) is 23.0. The van der Waals surface area contributed by atoms with Gasteiger partial charge in [0.05, 0.1) is 13.2 Å². The van der Waals surface area contributed by atoms with Crippen molar-refractivity contribution in [3.8, 4) is 0 Å². The normalized spacial score (nSPS) is 10.2. The summed E-state index contributed by atoms with van der Waals surface area (Å²) in [7, 11) is 1.55. The Morgan fingerprint density at radius 2 is 1.76 bits per heavy atom. The minimum atomic E-state index is -0.396. The van der Waals surface area contributed by atoms with Gasteiger partial charge in [-0.25, -0.2) is 4.39 Å². The number of hydrogen-bond donors (Lipinski definition) is 2. The fourth-order valence-corrected chi connectivity index (χ4v) is 1.44. The van der Waals surface area contributed by atoms with Gasteiger partial charge in [0.2, 0.25) is 5.91 Å². The number of carbonyl (C=O) groups excluding carboxylic acids is 2. The highest BCUT2D eigenvalue weighted by atomic mass is 19.1. The molecule has 1 rings (SSSR count). The lowest BCUT2D eigenvalue weighted by Gasteiger charge is -2.07. The summed E-state index contributed by atoms with van der Waals surface area (Å²) in [5.74, 6) is -0.977. The summed E-state index contributed by atoms with van der Waals surface area (Å²) < 4.78 is 22.5. The van der Waals surface area contributed by atoms with Crippen molar-refractivity contribution in [1.82, 2.24) is 10.6 Å². The second-order valence-corrected chi connectivity index (χ2v) is 4.16. The summed E-state index contributed by atoms with van der Waals surface area (Å²) in [6.45, 7) is 1.31. The molecule has 0 aliphatic carbocycles. The van der Waals surface area contributed by atoms with Crippen LogP contribution in [-0.4, -0.2) is 51.8 Å².